The first-order chi connectivity index (χ1) is 21.4. The highest BCUT2D eigenvalue weighted by Gasteiger charge is 2.24. The number of nitrogens with zero attached hydrogens (tertiary/aromatic N) is 3. The van der Waals surface area contributed by atoms with Crippen molar-refractivity contribution in [2.75, 3.05) is 13.2 Å². The van der Waals surface area contributed by atoms with Gasteiger partial charge in [0.2, 0.25) is 5.91 Å². The second-order valence-corrected chi connectivity index (χ2v) is 10.7. The number of ether oxygens (including phenoxy) is 1. The van der Waals surface area contributed by atoms with Gasteiger partial charge in [0, 0.05) is 41.3 Å². The molecule has 4 heterocycles. The van der Waals surface area contributed by atoms with E-state index in [0.29, 0.717) is 57.5 Å². The van der Waals surface area contributed by atoms with Gasteiger partial charge in [-0.2, -0.15) is 0 Å². The normalized spacial score (nSPS) is 15.0. The van der Waals surface area contributed by atoms with Crippen molar-refractivity contribution in [2.45, 2.75) is 38.8 Å². The number of para-hydroxylation sites is 1. The Morgan fingerprint density at radius 2 is 1.89 bits per heavy atom. The predicted molar refractivity (Wildman–Crippen MR) is 169 cm³/mol. The van der Waals surface area contributed by atoms with E-state index in [1.54, 1.807) is 36.0 Å². The number of hydrogen-bond acceptors (Lipinski definition) is 6. The van der Waals surface area contributed by atoms with E-state index in [-0.39, 0.29) is 23.9 Å². The van der Waals surface area contributed by atoms with E-state index in [0.717, 1.165) is 11.8 Å². The molecule has 9 heteroatoms. The van der Waals surface area contributed by atoms with Gasteiger partial charge in [0.15, 0.2) is 0 Å². The van der Waals surface area contributed by atoms with Crippen LogP contribution in [0.2, 0.25) is 0 Å². The van der Waals surface area contributed by atoms with Gasteiger partial charge in [0.25, 0.3) is 11.5 Å². The average molecular weight is 586 g/mol. The van der Waals surface area contributed by atoms with Crippen LogP contribution in [0.5, 0.6) is 0 Å². The van der Waals surface area contributed by atoms with Crippen LogP contribution in [0, 0.1) is 18.8 Å². The lowest BCUT2D eigenvalue weighted by atomic mass is 10.0. The van der Waals surface area contributed by atoms with Crippen LogP contribution in [0.3, 0.4) is 0 Å². The van der Waals surface area contributed by atoms with E-state index in [2.05, 4.69) is 32.4 Å². The number of rotatable bonds is 6. The molecule has 220 valence electrons. The topological polar surface area (TPSA) is 115 Å². The van der Waals surface area contributed by atoms with Crippen molar-refractivity contribution in [1.29, 1.82) is 0 Å². The quantitative estimate of drug-likeness (QED) is 0.286. The van der Waals surface area contributed by atoms with Crippen LogP contribution in [0.4, 0.5) is 0 Å². The largest absolute Gasteiger partial charge is 0.368 e. The number of amides is 2. The fraction of sp³-hybridized carbons (Fsp3) is 0.229. The number of carbonyl (C=O) groups excluding carboxylic acids is 2. The lowest BCUT2D eigenvalue weighted by Crippen LogP contribution is -2.34. The minimum Gasteiger partial charge on any atom is -0.368 e. The molecule has 2 atom stereocenters. The van der Waals surface area contributed by atoms with Crippen LogP contribution in [-0.2, 0) is 9.53 Å². The second-order valence-electron chi connectivity index (χ2n) is 10.7. The summed E-state index contributed by atoms with van der Waals surface area (Å²) in [7, 11) is 0. The van der Waals surface area contributed by atoms with Crippen molar-refractivity contribution in [3.05, 3.63) is 112 Å². The Hall–Kier alpha value is -5.33. The Kier molecular flexibility index (Phi) is 8.17. The molecule has 2 aromatic carbocycles. The van der Waals surface area contributed by atoms with Crippen LogP contribution in [0.1, 0.15) is 53.1 Å². The van der Waals surface area contributed by atoms with E-state index in [9.17, 15) is 14.4 Å². The highest BCUT2D eigenvalue weighted by atomic mass is 16.5. The second kappa shape index (κ2) is 12.5. The van der Waals surface area contributed by atoms with Gasteiger partial charge in [0.1, 0.15) is 6.10 Å². The molecule has 1 fully saturated rings. The Morgan fingerprint density at radius 1 is 1.07 bits per heavy atom. The molecular weight excluding hydrogens is 554 g/mol. The van der Waals surface area contributed by atoms with Crippen LogP contribution >= 0.6 is 0 Å². The van der Waals surface area contributed by atoms with E-state index in [1.807, 2.05) is 61.5 Å². The maximum Gasteiger partial charge on any atom is 0.264 e. The highest BCUT2D eigenvalue weighted by molar-refractivity contribution is 6.06. The molecule has 0 aliphatic carbocycles. The van der Waals surface area contributed by atoms with Crippen molar-refractivity contribution in [3.8, 4) is 17.5 Å². The molecule has 0 unspecified atom stereocenters. The summed E-state index contributed by atoms with van der Waals surface area (Å²) in [5.41, 5.74) is 3.09. The molecule has 44 heavy (non-hydrogen) atoms. The SMILES string of the molecule is Cc1ncc2cccnc2c1C(=O)N[C@@H](C)c1cc2cccc(C#CCNC(=O)[C@H]3CCCO3)c2c(=O)n1-c1ccccc1. The molecule has 5 aromatic rings. The van der Waals surface area contributed by atoms with Crippen molar-refractivity contribution < 1.29 is 14.3 Å². The Morgan fingerprint density at radius 3 is 2.68 bits per heavy atom. The molecule has 9 nitrogen and oxygen atoms in total. The first-order valence-corrected chi connectivity index (χ1v) is 14.6. The fourth-order valence-electron chi connectivity index (χ4n) is 5.56. The number of pyridine rings is 3. The lowest BCUT2D eigenvalue weighted by Gasteiger charge is -2.22. The maximum atomic E-state index is 14.3. The fourth-order valence-corrected chi connectivity index (χ4v) is 5.56. The number of nitrogens with one attached hydrogen (secondary N) is 2. The van der Waals surface area contributed by atoms with Crippen molar-refractivity contribution in [3.63, 3.8) is 0 Å². The van der Waals surface area contributed by atoms with Gasteiger partial charge in [-0.1, -0.05) is 42.2 Å². The number of aromatic nitrogens is 3. The summed E-state index contributed by atoms with van der Waals surface area (Å²) in [4.78, 5) is 49.0. The third-order valence-corrected chi connectivity index (χ3v) is 7.74. The Balaban J connectivity index is 1.37. The summed E-state index contributed by atoms with van der Waals surface area (Å²) in [5.74, 6) is 5.55. The lowest BCUT2D eigenvalue weighted by molar-refractivity contribution is -0.129. The van der Waals surface area contributed by atoms with Crippen LogP contribution < -0.4 is 16.2 Å². The summed E-state index contributed by atoms with van der Waals surface area (Å²) in [6.07, 6.45) is 4.50. The highest BCUT2D eigenvalue weighted by Crippen LogP contribution is 2.25. The molecule has 0 radical (unpaired) electrons. The number of fused-ring (bicyclic) bond motifs is 2. The van der Waals surface area contributed by atoms with Crippen molar-refractivity contribution >= 4 is 33.5 Å². The molecule has 2 N–H and O–H groups in total. The molecule has 3 aromatic heterocycles. The summed E-state index contributed by atoms with van der Waals surface area (Å²) in [6.45, 7) is 4.36. The molecule has 2 amide bonds. The first kappa shape index (κ1) is 28.8. The summed E-state index contributed by atoms with van der Waals surface area (Å²) in [6, 6.07) is 19.8. The molecule has 0 spiro atoms. The van der Waals surface area contributed by atoms with E-state index in [1.165, 1.54) is 0 Å². The van der Waals surface area contributed by atoms with Crippen molar-refractivity contribution in [1.82, 2.24) is 25.2 Å². The standard InChI is InChI=1S/C35H31N5O4/c1-22(39-34(42)30-23(2)38-21-26-13-8-17-36-32(26)30)28-20-25-11-6-10-24(12-7-18-37-33(41)29-16-9-19-44-29)31(25)35(43)40(28)27-14-4-3-5-15-27/h3-6,8,10-11,13-15,17,20-22,29H,9,16,18-19H2,1-2H3,(H,37,41)(H,39,42)/t22-,29+/m0/s1. The van der Waals surface area contributed by atoms with Gasteiger partial charge in [-0.3, -0.25) is 28.9 Å². The van der Waals surface area contributed by atoms with Gasteiger partial charge >= 0.3 is 0 Å². The van der Waals surface area contributed by atoms with Gasteiger partial charge in [-0.15, -0.1) is 0 Å². The van der Waals surface area contributed by atoms with Crippen LogP contribution in [-0.4, -0.2) is 45.6 Å². The van der Waals surface area contributed by atoms with Gasteiger partial charge in [0.05, 0.1) is 34.7 Å². The summed E-state index contributed by atoms with van der Waals surface area (Å²) in [5, 5.41) is 7.79. The number of aryl methyl sites for hydroxylation is 1. The summed E-state index contributed by atoms with van der Waals surface area (Å²) < 4.78 is 7.04. The molecular formula is C35H31N5O4. The van der Waals surface area contributed by atoms with E-state index in [4.69, 9.17) is 4.74 Å². The van der Waals surface area contributed by atoms with E-state index < -0.39 is 12.1 Å². The molecule has 1 aliphatic heterocycles. The zero-order chi connectivity index (χ0) is 30.6. The molecule has 1 saturated heterocycles. The van der Waals surface area contributed by atoms with Crippen LogP contribution in [0.15, 0.2) is 83.9 Å². The summed E-state index contributed by atoms with van der Waals surface area (Å²) >= 11 is 0. The van der Waals surface area contributed by atoms with E-state index >= 15 is 0 Å². The molecule has 0 saturated carbocycles. The minimum atomic E-state index is -0.555. The van der Waals surface area contributed by atoms with Gasteiger partial charge in [-0.05, 0) is 68.5 Å². The predicted octanol–water partition coefficient (Wildman–Crippen LogP) is 4.38. The van der Waals surface area contributed by atoms with Gasteiger partial charge < -0.3 is 15.4 Å². The average Bonchev–Trinajstić information content (AvgIpc) is 3.58. The smallest absolute Gasteiger partial charge is 0.264 e. The Bertz CT molecular complexity index is 2000. The number of benzene rings is 2. The molecule has 1 aliphatic rings. The zero-order valence-electron chi connectivity index (χ0n) is 24.5. The van der Waals surface area contributed by atoms with Crippen LogP contribution in [0.25, 0.3) is 27.4 Å². The van der Waals surface area contributed by atoms with Gasteiger partial charge in [-0.25, -0.2) is 0 Å². The number of carbonyl (C=O) groups is 2. The number of hydrogen-bond donors (Lipinski definition) is 2. The monoisotopic (exact) mass is 585 g/mol. The first-order valence-electron chi connectivity index (χ1n) is 14.6. The zero-order valence-corrected chi connectivity index (χ0v) is 24.5. The third kappa shape index (κ3) is 5.68. The Labute approximate surface area is 254 Å². The minimum absolute atomic E-state index is 0.139. The third-order valence-electron chi connectivity index (χ3n) is 7.74. The molecule has 0 bridgehead atoms. The molecule has 6 rings (SSSR count). The van der Waals surface area contributed by atoms with Crippen molar-refractivity contribution in [2.24, 2.45) is 0 Å². The maximum absolute atomic E-state index is 14.3.